The molecule has 1 unspecified atom stereocenters. The third-order valence-corrected chi connectivity index (χ3v) is 6.36. The van der Waals surface area contributed by atoms with E-state index in [0.29, 0.717) is 11.5 Å². The summed E-state index contributed by atoms with van der Waals surface area (Å²) < 4.78 is 0. The first kappa shape index (κ1) is 17.8. The number of hydrogen-bond donors (Lipinski definition) is 2. The number of fused-ring (bicyclic) bond motifs is 1. The zero-order valence-electron chi connectivity index (χ0n) is 13.8. The Hall–Kier alpha value is -2.03. The maximum atomic E-state index is 11.8. The van der Waals surface area contributed by atoms with Crippen molar-refractivity contribution in [1.29, 1.82) is 0 Å². The summed E-state index contributed by atoms with van der Waals surface area (Å²) in [6.07, 6.45) is 4.37. The standard InChI is InChI=1S/C16H21N3O5S/c1-2-16-9-25-10(14(16)17-15(23)18-16)5-3-4-6-13(22)24-19-11(20)7-8-12(19)21/h2,10,14H,1,3-9H2,(H2,17,18,23)/t10?,14-,16+/m1/s1. The molecule has 3 saturated heterocycles. The van der Waals surface area contributed by atoms with Crippen LogP contribution in [0.25, 0.3) is 0 Å². The summed E-state index contributed by atoms with van der Waals surface area (Å²) in [4.78, 5) is 51.0. The zero-order valence-corrected chi connectivity index (χ0v) is 14.6. The third kappa shape index (κ3) is 3.51. The molecule has 0 bridgehead atoms. The molecule has 2 N–H and O–H groups in total. The number of carbonyl (C=O) groups excluding carboxylic acids is 4. The highest BCUT2D eigenvalue weighted by Gasteiger charge is 2.52. The number of unbranched alkanes of at least 4 members (excludes halogenated alkanes) is 1. The molecular weight excluding hydrogens is 346 g/mol. The van der Waals surface area contributed by atoms with Crippen LogP contribution in [0.15, 0.2) is 12.7 Å². The highest BCUT2D eigenvalue weighted by molar-refractivity contribution is 8.00. The lowest BCUT2D eigenvalue weighted by Crippen LogP contribution is -2.48. The van der Waals surface area contributed by atoms with E-state index in [1.54, 1.807) is 17.8 Å². The number of rotatable bonds is 7. The molecule has 0 radical (unpaired) electrons. The molecule has 3 aliphatic rings. The molecular formula is C16H21N3O5S. The number of urea groups is 1. The van der Waals surface area contributed by atoms with Crippen LogP contribution >= 0.6 is 11.8 Å². The predicted molar refractivity (Wildman–Crippen MR) is 90.3 cm³/mol. The molecule has 0 spiro atoms. The van der Waals surface area contributed by atoms with Gasteiger partial charge < -0.3 is 15.5 Å². The van der Waals surface area contributed by atoms with Gasteiger partial charge in [-0.1, -0.05) is 12.5 Å². The molecule has 3 aliphatic heterocycles. The minimum atomic E-state index is -0.570. The van der Waals surface area contributed by atoms with Gasteiger partial charge in [0.1, 0.15) is 0 Å². The van der Waals surface area contributed by atoms with Crippen molar-refractivity contribution in [1.82, 2.24) is 15.7 Å². The largest absolute Gasteiger partial charge is 0.333 e. The number of nitrogens with one attached hydrogen (secondary N) is 2. The second-order valence-electron chi connectivity index (χ2n) is 6.46. The summed E-state index contributed by atoms with van der Waals surface area (Å²) in [5.74, 6) is -0.720. The minimum Gasteiger partial charge on any atom is -0.332 e. The van der Waals surface area contributed by atoms with E-state index < -0.39 is 17.8 Å². The van der Waals surface area contributed by atoms with Crippen LogP contribution in [0.3, 0.4) is 0 Å². The van der Waals surface area contributed by atoms with Crippen LogP contribution < -0.4 is 10.6 Å². The van der Waals surface area contributed by atoms with Crippen molar-refractivity contribution in [3.8, 4) is 0 Å². The van der Waals surface area contributed by atoms with Gasteiger partial charge in [-0.2, -0.15) is 11.8 Å². The van der Waals surface area contributed by atoms with Crippen molar-refractivity contribution in [2.45, 2.75) is 55.4 Å². The van der Waals surface area contributed by atoms with E-state index in [4.69, 9.17) is 4.84 Å². The Morgan fingerprint density at radius 1 is 1.32 bits per heavy atom. The normalized spacial score (nSPS) is 30.9. The van der Waals surface area contributed by atoms with E-state index in [9.17, 15) is 19.2 Å². The quantitative estimate of drug-likeness (QED) is 0.299. The first-order valence-electron chi connectivity index (χ1n) is 8.35. The molecule has 0 aromatic heterocycles. The fourth-order valence-electron chi connectivity index (χ4n) is 3.39. The smallest absolute Gasteiger partial charge is 0.332 e. The van der Waals surface area contributed by atoms with Crippen LogP contribution in [-0.4, -0.2) is 51.5 Å². The Morgan fingerprint density at radius 3 is 2.72 bits per heavy atom. The number of nitrogens with zero attached hydrogens (tertiary/aromatic N) is 1. The molecule has 3 rings (SSSR count). The van der Waals surface area contributed by atoms with Crippen molar-refractivity contribution >= 4 is 35.6 Å². The molecule has 3 heterocycles. The van der Waals surface area contributed by atoms with E-state index in [1.807, 2.05) is 0 Å². The van der Waals surface area contributed by atoms with E-state index in [-0.39, 0.29) is 42.1 Å². The molecule has 25 heavy (non-hydrogen) atoms. The molecule has 136 valence electrons. The maximum absolute atomic E-state index is 11.8. The third-order valence-electron chi connectivity index (χ3n) is 4.78. The number of thioether (sulfide) groups is 1. The van der Waals surface area contributed by atoms with Crippen molar-refractivity contribution < 1.29 is 24.0 Å². The summed E-state index contributed by atoms with van der Waals surface area (Å²) in [6, 6.07) is -0.159. The molecule has 4 amide bonds. The van der Waals surface area contributed by atoms with Crippen molar-refractivity contribution in [3.05, 3.63) is 12.7 Å². The van der Waals surface area contributed by atoms with Gasteiger partial charge >= 0.3 is 12.0 Å². The Balaban J connectivity index is 1.40. The summed E-state index contributed by atoms with van der Waals surface area (Å²) in [6.45, 7) is 3.84. The first-order chi connectivity index (χ1) is 11.9. The highest BCUT2D eigenvalue weighted by atomic mass is 32.2. The lowest BCUT2D eigenvalue weighted by Gasteiger charge is -2.24. The number of hydrogen-bond acceptors (Lipinski definition) is 6. The Bertz CT molecular complexity index is 609. The molecule has 0 saturated carbocycles. The Morgan fingerprint density at radius 2 is 2.04 bits per heavy atom. The van der Waals surface area contributed by atoms with E-state index in [2.05, 4.69) is 17.2 Å². The van der Waals surface area contributed by atoms with E-state index in [0.717, 1.165) is 18.6 Å². The number of imide groups is 1. The molecule has 3 atom stereocenters. The Labute approximate surface area is 149 Å². The zero-order chi connectivity index (χ0) is 18.0. The Kier molecular flexibility index (Phi) is 5.03. The van der Waals surface area contributed by atoms with Crippen molar-refractivity contribution in [2.75, 3.05) is 5.75 Å². The van der Waals surface area contributed by atoms with Crippen LogP contribution in [0.4, 0.5) is 4.79 Å². The summed E-state index contributed by atoms with van der Waals surface area (Å²) in [5.41, 5.74) is -0.387. The van der Waals surface area contributed by atoms with Gasteiger partial charge in [0.05, 0.1) is 11.6 Å². The molecule has 9 heteroatoms. The minimum absolute atomic E-state index is 0.00861. The summed E-state index contributed by atoms with van der Waals surface area (Å²) in [5, 5.41) is 6.72. The SMILES string of the molecule is C=C[C@]12CSC(CCCCC(=O)ON3C(=O)CCC3=O)[C@H]1NC(=O)N2. The molecule has 0 aromatic carbocycles. The fraction of sp³-hybridized carbons (Fsp3) is 0.625. The van der Waals surface area contributed by atoms with Crippen LogP contribution in [0.2, 0.25) is 0 Å². The second-order valence-corrected chi connectivity index (χ2v) is 7.69. The van der Waals surface area contributed by atoms with Gasteiger partial charge in [-0.15, -0.1) is 11.6 Å². The van der Waals surface area contributed by atoms with Gasteiger partial charge in [0.15, 0.2) is 0 Å². The molecule has 3 fully saturated rings. The molecule has 0 aliphatic carbocycles. The van der Waals surface area contributed by atoms with Crippen LogP contribution in [0.5, 0.6) is 0 Å². The second kappa shape index (κ2) is 7.07. The van der Waals surface area contributed by atoms with Gasteiger partial charge in [-0.25, -0.2) is 9.59 Å². The van der Waals surface area contributed by atoms with Crippen molar-refractivity contribution in [2.24, 2.45) is 0 Å². The fourth-order valence-corrected chi connectivity index (χ4v) is 5.09. The van der Waals surface area contributed by atoms with Crippen LogP contribution in [-0.2, 0) is 19.2 Å². The lowest BCUT2D eigenvalue weighted by atomic mass is 9.90. The van der Waals surface area contributed by atoms with E-state index >= 15 is 0 Å². The average Bonchev–Trinajstić information content (AvgIpc) is 3.19. The van der Waals surface area contributed by atoms with Crippen LogP contribution in [0, 0.1) is 0 Å². The molecule has 0 aromatic rings. The number of carbonyl (C=O) groups is 4. The van der Waals surface area contributed by atoms with Gasteiger partial charge in [0.2, 0.25) is 0 Å². The summed E-state index contributed by atoms with van der Waals surface area (Å²) >= 11 is 1.78. The molecule has 8 nitrogen and oxygen atoms in total. The maximum Gasteiger partial charge on any atom is 0.333 e. The van der Waals surface area contributed by atoms with Gasteiger partial charge in [0, 0.05) is 30.3 Å². The summed E-state index contributed by atoms with van der Waals surface area (Å²) in [7, 11) is 0. The van der Waals surface area contributed by atoms with E-state index in [1.165, 1.54) is 0 Å². The van der Waals surface area contributed by atoms with Gasteiger partial charge in [-0.05, 0) is 12.8 Å². The first-order valence-corrected chi connectivity index (χ1v) is 9.40. The number of hydroxylamine groups is 2. The highest BCUT2D eigenvalue weighted by Crippen LogP contribution is 2.40. The lowest BCUT2D eigenvalue weighted by molar-refractivity contribution is -0.197. The average molecular weight is 367 g/mol. The van der Waals surface area contributed by atoms with Crippen LogP contribution in [0.1, 0.15) is 38.5 Å². The monoisotopic (exact) mass is 367 g/mol. The van der Waals surface area contributed by atoms with Crippen molar-refractivity contribution in [3.63, 3.8) is 0 Å². The van der Waals surface area contributed by atoms with Gasteiger partial charge in [-0.3, -0.25) is 9.59 Å². The van der Waals surface area contributed by atoms with Gasteiger partial charge in [0.25, 0.3) is 11.8 Å². The topological polar surface area (TPSA) is 105 Å². The number of amides is 4. The predicted octanol–water partition coefficient (Wildman–Crippen LogP) is 0.876.